The average molecular weight is 234 g/mol. The molecule has 2 aliphatic rings. The highest BCUT2D eigenvalue weighted by Crippen LogP contribution is 2.26. The molecule has 1 atom stereocenters. The van der Waals surface area contributed by atoms with Gasteiger partial charge in [-0.1, -0.05) is 0 Å². The van der Waals surface area contributed by atoms with Gasteiger partial charge in [0.15, 0.2) is 0 Å². The van der Waals surface area contributed by atoms with Crippen LogP contribution in [0.2, 0.25) is 0 Å². The maximum absolute atomic E-state index is 5.40. The smallest absolute Gasteiger partial charge is 0.221 e. The molecule has 3 heterocycles. The third-order valence-electron chi connectivity index (χ3n) is 3.53. The Morgan fingerprint density at radius 1 is 1.24 bits per heavy atom. The molecule has 1 aromatic heterocycles. The van der Waals surface area contributed by atoms with E-state index in [0.29, 0.717) is 5.92 Å². The average Bonchev–Trinajstić information content (AvgIpc) is 2.91. The largest absolute Gasteiger partial charge is 0.481 e. The quantitative estimate of drug-likeness (QED) is 0.766. The first-order valence-electron chi connectivity index (χ1n) is 6.23. The number of rotatable bonds is 2. The van der Waals surface area contributed by atoms with E-state index < -0.39 is 0 Å². The third-order valence-corrected chi connectivity index (χ3v) is 3.53. The molecule has 1 saturated heterocycles. The second-order valence-electron chi connectivity index (χ2n) is 4.63. The first kappa shape index (κ1) is 10.9. The molecule has 0 aromatic carbocycles. The number of ether oxygens (including phenoxy) is 1. The van der Waals surface area contributed by atoms with E-state index in [9.17, 15) is 0 Å². The van der Waals surface area contributed by atoms with E-state index in [1.807, 2.05) is 0 Å². The van der Waals surface area contributed by atoms with Gasteiger partial charge in [-0.15, -0.1) is 0 Å². The fraction of sp³-hybridized carbons (Fsp3) is 0.667. The Morgan fingerprint density at radius 3 is 2.94 bits per heavy atom. The molecular formula is C12H18N4O. The van der Waals surface area contributed by atoms with Gasteiger partial charge in [0.2, 0.25) is 5.88 Å². The Bertz CT molecular complexity index is 398. The summed E-state index contributed by atoms with van der Waals surface area (Å²) in [5.41, 5.74) is 2.30. The molecule has 2 N–H and O–H groups in total. The Kier molecular flexibility index (Phi) is 2.94. The summed E-state index contributed by atoms with van der Waals surface area (Å²) < 4.78 is 5.40. The zero-order valence-corrected chi connectivity index (χ0v) is 10.1. The third kappa shape index (κ3) is 2.00. The van der Waals surface area contributed by atoms with E-state index >= 15 is 0 Å². The van der Waals surface area contributed by atoms with Crippen molar-refractivity contribution >= 4 is 0 Å². The fourth-order valence-electron chi connectivity index (χ4n) is 2.56. The Labute approximate surface area is 101 Å². The molecule has 92 valence electrons. The Morgan fingerprint density at radius 2 is 2.18 bits per heavy atom. The Balaban J connectivity index is 1.99. The van der Waals surface area contributed by atoms with Crippen LogP contribution in [-0.2, 0) is 13.0 Å². The number of methoxy groups -OCH3 is 1. The second kappa shape index (κ2) is 4.58. The van der Waals surface area contributed by atoms with Gasteiger partial charge < -0.3 is 15.4 Å². The molecule has 0 amide bonds. The van der Waals surface area contributed by atoms with E-state index in [0.717, 1.165) is 62.0 Å². The number of fused-ring (bicyclic) bond motifs is 1. The number of hydrogen-bond donors (Lipinski definition) is 2. The van der Waals surface area contributed by atoms with Crippen molar-refractivity contribution in [2.45, 2.75) is 25.3 Å². The molecule has 0 bridgehead atoms. The number of nitrogens with zero attached hydrogens (tertiary/aromatic N) is 2. The lowest BCUT2D eigenvalue weighted by molar-refractivity contribution is 0.381. The second-order valence-corrected chi connectivity index (χ2v) is 4.63. The van der Waals surface area contributed by atoms with Crippen LogP contribution in [0, 0.1) is 0 Å². The van der Waals surface area contributed by atoms with E-state index in [-0.39, 0.29) is 0 Å². The number of aromatic nitrogens is 2. The van der Waals surface area contributed by atoms with Crippen molar-refractivity contribution in [1.29, 1.82) is 0 Å². The van der Waals surface area contributed by atoms with Gasteiger partial charge in [-0.3, -0.25) is 0 Å². The molecule has 3 rings (SSSR count). The molecule has 1 aromatic rings. The molecule has 17 heavy (non-hydrogen) atoms. The van der Waals surface area contributed by atoms with Gasteiger partial charge in [0.25, 0.3) is 0 Å². The van der Waals surface area contributed by atoms with Gasteiger partial charge in [-0.2, -0.15) is 4.98 Å². The lowest BCUT2D eigenvalue weighted by Crippen LogP contribution is -2.26. The minimum absolute atomic E-state index is 0.448. The molecular weight excluding hydrogens is 216 g/mol. The van der Waals surface area contributed by atoms with Crippen molar-refractivity contribution in [3.8, 4) is 5.88 Å². The minimum atomic E-state index is 0.448. The molecule has 5 nitrogen and oxygen atoms in total. The van der Waals surface area contributed by atoms with Crippen molar-refractivity contribution in [1.82, 2.24) is 20.6 Å². The highest BCUT2D eigenvalue weighted by atomic mass is 16.5. The van der Waals surface area contributed by atoms with E-state index in [2.05, 4.69) is 15.6 Å². The summed E-state index contributed by atoms with van der Waals surface area (Å²) in [6, 6.07) is 0. The Hall–Kier alpha value is -1.20. The lowest BCUT2D eigenvalue weighted by Gasteiger charge is -2.20. The lowest BCUT2D eigenvalue weighted by atomic mass is 10.1. The summed E-state index contributed by atoms with van der Waals surface area (Å²) in [4.78, 5) is 9.31. The molecule has 0 radical (unpaired) electrons. The minimum Gasteiger partial charge on any atom is -0.481 e. The van der Waals surface area contributed by atoms with Gasteiger partial charge in [0.05, 0.1) is 12.8 Å². The van der Waals surface area contributed by atoms with Gasteiger partial charge in [0, 0.05) is 37.5 Å². The standard InChI is InChI=1S/C12H18N4O/c1-17-12-9-7-14-5-3-10(9)15-11(16-12)8-2-4-13-6-8/h8,13-14H,2-7H2,1H3. The maximum Gasteiger partial charge on any atom is 0.221 e. The van der Waals surface area contributed by atoms with Crippen molar-refractivity contribution < 1.29 is 4.74 Å². The van der Waals surface area contributed by atoms with Crippen molar-refractivity contribution in [3.63, 3.8) is 0 Å². The summed E-state index contributed by atoms with van der Waals surface area (Å²) in [6.45, 7) is 3.87. The van der Waals surface area contributed by atoms with E-state index in [1.165, 1.54) is 0 Å². The normalized spacial score (nSPS) is 23.5. The van der Waals surface area contributed by atoms with Crippen molar-refractivity contribution in [2.24, 2.45) is 0 Å². The van der Waals surface area contributed by atoms with Gasteiger partial charge in [0.1, 0.15) is 5.82 Å². The number of hydrogen-bond acceptors (Lipinski definition) is 5. The van der Waals surface area contributed by atoms with Crippen LogP contribution in [0.25, 0.3) is 0 Å². The van der Waals surface area contributed by atoms with Crippen LogP contribution < -0.4 is 15.4 Å². The summed E-state index contributed by atoms with van der Waals surface area (Å²) in [5.74, 6) is 2.15. The van der Waals surface area contributed by atoms with Gasteiger partial charge in [-0.25, -0.2) is 4.98 Å². The van der Waals surface area contributed by atoms with Crippen LogP contribution in [0.4, 0.5) is 0 Å². The molecule has 1 fully saturated rings. The summed E-state index contributed by atoms with van der Waals surface area (Å²) >= 11 is 0. The van der Waals surface area contributed by atoms with Gasteiger partial charge in [-0.05, 0) is 13.0 Å². The predicted octanol–water partition coefficient (Wildman–Crippen LogP) is 0.208. The topological polar surface area (TPSA) is 59.1 Å². The summed E-state index contributed by atoms with van der Waals surface area (Å²) in [6.07, 6.45) is 2.10. The molecule has 0 aliphatic carbocycles. The van der Waals surface area contributed by atoms with E-state index in [1.54, 1.807) is 7.11 Å². The maximum atomic E-state index is 5.40. The molecule has 0 spiro atoms. The predicted molar refractivity (Wildman–Crippen MR) is 64.2 cm³/mol. The van der Waals surface area contributed by atoms with Crippen LogP contribution in [0.15, 0.2) is 0 Å². The zero-order valence-electron chi connectivity index (χ0n) is 10.1. The van der Waals surface area contributed by atoms with E-state index in [4.69, 9.17) is 9.72 Å². The monoisotopic (exact) mass is 234 g/mol. The van der Waals surface area contributed by atoms with Crippen LogP contribution in [0.1, 0.15) is 29.4 Å². The summed E-state index contributed by atoms with van der Waals surface area (Å²) in [5, 5.41) is 6.69. The highest BCUT2D eigenvalue weighted by Gasteiger charge is 2.24. The molecule has 1 unspecified atom stereocenters. The van der Waals surface area contributed by atoms with Crippen molar-refractivity contribution in [2.75, 3.05) is 26.7 Å². The SMILES string of the molecule is COc1nc(C2CCNC2)nc2c1CNCC2. The highest BCUT2D eigenvalue weighted by molar-refractivity contribution is 5.33. The molecule has 2 aliphatic heterocycles. The molecule has 0 saturated carbocycles. The first-order chi connectivity index (χ1) is 8.38. The van der Waals surface area contributed by atoms with Crippen LogP contribution >= 0.6 is 0 Å². The van der Waals surface area contributed by atoms with Crippen LogP contribution in [-0.4, -0.2) is 36.7 Å². The first-order valence-corrected chi connectivity index (χ1v) is 6.23. The molecule has 5 heteroatoms. The van der Waals surface area contributed by atoms with Crippen LogP contribution in [0.5, 0.6) is 5.88 Å². The zero-order chi connectivity index (χ0) is 11.7. The van der Waals surface area contributed by atoms with Gasteiger partial charge >= 0.3 is 0 Å². The van der Waals surface area contributed by atoms with Crippen LogP contribution in [0.3, 0.4) is 0 Å². The summed E-state index contributed by atoms with van der Waals surface area (Å²) in [7, 11) is 1.69. The fourth-order valence-corrected chi connectivity index (χ4v) is 2.56. The number of nitrogens with one attached hydrogen (secondary N) is 2. The van der Waals surface area contributed by atoms with Crippen molar-refractivity contribution in [3.05, 3.63) is 17.1 Å².